The van der Waals surface area contributed by atoms with Crippen molar-refractivity contribution in [1.82, 2.24) is 5.32 Å². The average molecular weight is 488 g/mol. The zero-order chi connectivity index (χ0) is 19.6. The van der Waals surface area contributed by atoms with Gasteiger partial charge in [0, 0.05) is 10.0 Å². The second kappa shape index (κ2) is 8.39. The first-order chi connectivity index (χ1) is 12.8. The molecule has 1 aromatic heterocycles. The Morgan fingerprint density at radius 3 is 2.56 bits per heavy atom. The molecule has 0 spiro atoms. The van der Waals surface area contributed by atoms with Crippen molar-refractivity contribution in [3.05, 3.63) is 74.6 Å². The van der Waals surface area contributed by atoms with Crippen LogP contribution in [0.4, 0.5) is 10.1 Å². The van der Waals surface area contributed by atoms with E-state index in [1.165, 1.54) is 18.2 Å². The fourth-order valence-electron chi connectivity index (χ4n) is 2.17. The minimum atomic E-state index is -0.573. The first-order valence-corrected chi connectivity index (χ1v) is 9.42. The maximum Gasteiger partial charge on any atom is 0.293 e. The molecule has 3 aromatic rings. The number of thiocarbonyl (C=S) groups is 1. The van der Waals surface area contributed by atoms with Crippen LogP contribution in [0, 0.1) is 5.82 Å². The van der Waals surface area contributed by atoms with Gasteiger partial charge in [-0.2, -0.15) is 0 Å². The molecule has 0 aliphatic heterocycles. The van der Waals surface area contributed by atoms with E-state index in [2.05, 4.69) is 26.6 Å². The van der Waals surface area contributed by atoms with Crippen LogP contribution in [0.2, 0.25) is 10.0 Å². The number of benzene rings is 2. The molecule has 0 unspecified atom stereocenters. The highest BCUT2D eigenvalue weighted by atomic mass is 79.9. The average Bonchev–Trinajstić information content (AvgIpc) is 3.10. The van der Waals surface area contributed by atoms with Crippen LogP contribution in [0.1, 0.15) is 10.6 Å². The van der Waals surface area contributed by atoms with Crippen LogP contribution >= 0.6 is 51.3 Å². The minimum Gasteiger partial charge on any atom is -0.451 e. The summed E-state index contributed by atoms with van der Waals surface area (Å²) in [6, 6.07) is 12.5. The SMILES string of the molecule is O=C(NC(=S)Nc1ccc(Br)cc1F)c1ccc(-c2ccc(Cl)c(Cl)c2)o1. The summed E-state index contributed by atoms with van der Waals surface area (Å²) >= 11 is 20.1. The molecule has 1 heterocycles. The molecule has 0 atom stereocenters. The fraction of sp³-hybridized carbons (Fsp3) is 0. The summed E-state index contributed by atoms with van der Waals surface area (Å²) in [5.41, 5.74) is 0.806. The summed E-state index contributed by atoms with van der Waals surface area (Å²) in [6.45, 7) is 0. The standard InChI is InChI=1S/C18H10BrCl2FN2O2S/c19-10-2-4-14(13(22)8-10)23-18(27)24-17(25)16-6-5-15(26-16)9-1-3-11(20)12(21)7-9/h1-8H,(H2,23,24,25,27). The van der Waals surface area contributed by atoms with E-state index in [4.69, 9.17) is 39.8 Å². The van der Waals surface area contributed by atoms with E-state index in [0.717, 1.165) is 0 Å². The molecular formula is C18H10BrCl2FN2O2S. The Labute approximate surface area is 177 Å². The van der Waals surface area contributed by atoms with Gasteiger partial charge in [-0.25, -0.2) is 4.39 Å². The highest BCUT2D eigenvalue weighted by molar-refractivity contribution is 9.10. The van der Waals surface area contributed by atoms with Gasteiger partial charge in [0.1, 0.15) is 11.6 Å². The molecule has 1 amide bonds. The van der Waals surface area contributed by atoms with Crippen molar-refractivity contribution in [1.29, 1.82) is 0 Å². The number of halogens is 4. The summed E-state index contributed by atoms with van der Waals surface area (Å²) in [7, 11) is 0. The molecule has 4 nitrogen and oxygen atoms in total. The summed E-state index contributed by atoms with van der Waals surface area (Å²) < 4.78 is 19.9. The Hall–Kier alpha value is -1.93. The van der Waals surface area contributed by atoms with Crippen molar-refractivity contribution in [3.63, 3.8) is 0 Å². The number of amides is 1. The van der Waals surface area contributed by atoms with Gasteiger partial charge in [0.15, 0.2) is 10.9 Å². The molecule has 0 aliphatic rings. The number of carbonyl (C=O) groups is 1. The second-order valence-corrected chi connectivity index (χ2v) is 7.46. The van der Waals surface area contributed by atoms with Gasteiger partial charge in [0.25, 0.3) is 5.91 Å². The lowest BCUT2D eigenvalue weighted by Gasteiger charge is -2.09. The lowest BCUT2D eigenvalue weighted by Crippen LogP contribution is -2.34. The van der Waals surface area contributed by atoms with Crippen molar-refractivity contribution < 1.29 is 13.6 Å². The number of nitrogens with one attached hydrogen (secondary N) is 2. The molecule has 0 aliphatic carbocycles. The number of carbonyl (C=O) groups excluding carboxylic acids is 1. The third-order valence-electron chi connectivity index (χ3n) is 3.44. The molecule has 2 aromatic carbocycles. The van der Waals surface area contributed by atoms with E-state index in [-0.39, 0.29) is 16.6 Å². The molecule has 3 rings (SSSR count). The Kier molecular flexibility index (Phi) is 6.16. The van der Waals surface area contributed by atoms with Crippen LogP contribution in [-0.2, 0) is 0 Å². The van der Waals surface area contributed by atoms with Crippen LogP contribution in [0.15, 0.2) is 57.4 Å². The van der Waals surface area contributed by atoms with Gasteiger partial charge >= 0.3 is 0 Å². The molecule has 0 saturated carbocycles. The van der Waals surface area contributed by atoms with Gasteiger partial charge in [-0.1, -0.05) is 39.1 Å². The predicted octanol–water partition coefficient (Wildman–Crippen LogP) is 6.28. The maximum atomic E-state index is 13.8. The van der Waals surface area contributed by atoms with E-state index in [1.54, 1.807) is 30.3 Å². The lowest BCUT2D eigenvalue weighted by molar-refractivity contribution is 0.0951. The molecule has 0 saturated heterocycles. The van der Waals surface area contributed by atoms with Gasteiger partial charge in [-0.15, -0.1) is 0 Å². The van der Waals surface area contributed by atoms with Crippen LogP contribution in [0.25, 0.3) is 11.3 Å². The van der Waals surface area contributed by atoms with Crippen molar-refractivity contribution in [3.8, 4) is 11.3 Å². The van der Waals surface area contributed by atoms with Gasteiger partial charge in [-0.3, -0.25) is 10.1 Å². The molecule has 27 heavy (non-hydrogen) atoms. The van der Waals surface area contributed by atoms with Crippen molar-refractivity contribution in [2.45, 2.75) is 0 Å². The number of furan rings is 1. The summed E-state index contributed by atoms with van der Waals surface area (Å²) in [5.74, 6) is -0.606. The maximum absolute atomic E-state index is 13.8. The van der Waals surface area contributed by atoms with E-state index in [1.807, 2.05) is 0 Å². The fourth-order valence-corrected chi connectivity index (χ4v) is 3.01. The zero-order valence-electron chi connectivity index (χ0n) is 13.4. The van der Waals surface area contributed by atoms with E-state index in [0.29, 0.717) is 25.8 Å². The van der Waals surface area contributed by atoms with Crippen LogP contribution in [0.5, 0.6) is 0 Å². The normalized spacial score (nSPS) is 10.5. The highest BCUT2D eigenvalue weighted by Crippen LogP contribution is 2.29. The van der Waals surface area contributed by atoms with Gasteiger partial charge in [-0.05, 0) is 60.7 Å². The second-order valence-electron chi connectivity index (χ2n) is 5.33. The largest absolute Gasteiger partial charge is 0.451 e. The van der Waals surface area contributed by atoms with Crippen molar-refractivity contribution in [2.75, 3.05) is 5.32 Å². The monoisotopic (exact) mass is 486 g/mol. The van der Waals surface area contributed by atoms with Crippen LogP contribution in [-0.4, -0.2) is 11.0 Å². The molecule has 0 bridgehead atoms. The number of hydrogen-bond donors (Lipinski definition) is 2. The highest BCUT2D eigenvalue weighted by Gasteiger charge is 2.15. The number of hydrogen-bond acceptors (Lipinski definition) is 3. The zero-order valence-corrected chi connectivity index (χ0v) is 17.3. The van der Waals surface area contributed by atoms with E-state index < -0.39 is 11.7 Å². The predicted molar refractivity (Wildman–Crippen MR) is 112 cm³/mol. The van der Waals surface area contributed by atoms with Gasteiger partial charge in [0.05, 0.1) is 15.7 Å². The van der Waals surface area contributed by atoms with Crippen LogP contribution in [0.3, 0.4) is 0 Å². The molecular weight excluding hydrogens is 478 g/mol. The quantitative estimate of drug-likeness (QED) is 0.427. The Morgan fingerprint density at radius 2 is 1.85 bits per heavy atom. The third kappa shape index (κ3) is 4.87. The number of anilines is 1. The van der Waals surface area contributed by atoms with Gasteiger partial charge in [0.2, 0.25) is 0 Å². The summed E-state index contributed by atoms with van der Waals surface area (Å²) in [4.78, 5) is 12.3. The smallest absolute Gasteiger partial charge is 0.293 e. The van der Waals surface area contributed by atoms with Crippen LogP contribution < -0.4 is 10.6 Å². The molecule has 9 heteroatoms. The Balaban J connectivity index is 1.68. The van der Waals surface area contributed by atoms with Gasteiger partial charge < -0.3 is 9.73 Å². The van der Waals surface area contributed by atoms with Crippen molar-refractivity contribution in [2.24, 2.45) is 0 Å². The van der Waals surface area contributed by atoms with E-state index in [9.17, 15) is 9.18 Å². The molecule has 2 N–H and O–H groups in total. The third-order valence-corrected chi connectivity index (χ3v) is 4.88. The first kappa shape index (κ1) is 19.8. The lowest BCUT2D eigenvalue weighted by atomic mass is 10.2. The summed E-state index contributed by atoms with van der Waals surface area (Å²) in [5, 5.41) is 5.78. The number of rotatable bonds is 3. The van der Waals surface area contributed by atoms with E-state index >= 15 is 0 Å². The topological polar surface area (TPSA) is 54.3 Å². The van der Waals surface area contributed by atoms with Crippen molar-refractivity contribution >= 4 is 68.1 Å². The molecule has 138 valence electrons. The first-order valence-electron chi connectivity index (χ1n) is 7.46. The molecule has 0 radical (unpaired) electrons. The molecule has 0 fully saturated rings. The summed E-state index contributed by atoms with van der Waals surface area (Å²) in [6.07, 6.45) is 0. The Morgan fingerprint density at radius 1 is 1.07 bits per heavy atom. The Bertz CT molecular complexity index is 1040. The minimum absolute atomic E-state index is 0.0384.